The topological polar surface area (TPSA) is 57.8 Å². The van der Waals surface area contributed by atoms with Crippen LogP contribution in [-0.4, -0.2) is 27.0 Å². The number of hydrogen-bond donors (Lipinski definition) is 2. The summed E-state index contributed by atoms with van der Waals surface area (Å²) in [5, 5.41) is 3.97. The van der Waals surface area contributed by atoms with Crippen molar-refractivity contribution in [1.29, 1.82) is 0 Å². The van der Waals surface area contributed by atoms with Crippen molar-refractivity contribution in [2.24, 2.45) is 0 Å². The number of anilines is 1. The Morgan fingerprint density at radius 3 is 3.20 bits per heavy atom. The molecule has 82 valence electrons. The van der Waals surface area contributed by atoms with Crippen LogP contribution in [0.25, 0.3) is 0 Å². The lowest BCUT2D eigenvalue weighted by molar-refractivity contribution is 0.741. The average molecular weight is 290 g/mol. The third kappa shape index (κ3) is 2.55. The van der Waals surface area contributed by atoms with E-state index < -0.39 is 0 Å². The summed E-state index contributed by atoms with van der Waals surface area (Å²) in [4.78, 5) is 17.9. The van der Waals surface area contributed by atoms with E-state index in [9.17, 15) is 4.79 Å². The number of halogens is 1. The van der Waals surface area contributed by atoms with Gasteiger partial charge in [-0.05, 0) is 22.4 Å². The molecule has 1 aromatic heterocycles. The van der Waals surface area contributed by atoms with Crippen LogP contribution in [0.15, 0.2) is 15.6 Å². The fourth-order valence-electron chi connectivity index (χ4n) is 1.59. The number of thioether (sulfide) groups is 1. The Morgan fingerprint density at radius 2 is 2.53 bits per heavy atom. The van der Waals surface area contributed by atoms with Gasteiger partial charge < -0.3 is 10.3 Å². The number of nitrogens with zero attached hydrogens (tertiary/aromatic N) is 1. The van der Waals surface area contributed by atoms with Crippen LogP contribution in [0.1, 0.15) is 13.3 Å². The lowest BCUT2D eigenvalue weighted by atomic mass is 10.2. The van der Waals surface area contributed by atoms with Gasteiger partial charge in [-0.3, -0.25) is 4.79 Å². The molecule has 6 heteroatoms. The molecule has 2 atom stereocenters. The third-order valence-corrected chi connectivity index (χ3v) is 4.43. The van der Waals surface area contributed by atoms with Crippen LogP contribution in [-0.2, 0) is 0 Å². The molecule has 0 bridgehead atoms. The lowest BCUT2D eigenvalue weighted by Gasteiger charge is -2.12. The summed E-state index contributed by atoms with van der Waals surface area (Å²) in [6, 6.07) is 0.413. The van der Waals surface area contributed by atoms with Gasteiger partial charge in [0.25, 0.3) is 5.56 Å². The van der Waals surface area contributed by atoms with E-state index in [1.165, 1.54) is 6.33 Å². The van der Waals surface area contributed by atoms with Gasteiger partial charge in [-0.1, -0.05) is 6.92 Å². The number of H-pyrrole nitrogens is 1. The minimum atomic E-state index is -0.147. The van der Waals surface area contributed by atoms with Gasteiger partial charge in [-0.15, -0.1) is 0 Å². The average Bonchev–Trinajstić information content (AvgIpc) is 2.59. The highest BCUT2D eigenvalue weighted by molar-refractivity contribution is 9.10. The molecule has 0 saturated carbocycles. The van der Waals surface area contributed by atoms with Gasteiger partial charge in [0.2, 0.25) is 0 Å². The van der Waals surface area contributed by atoms with Gasteiger partial charge in [0.1, 0.15) is 10.3 Å². The Hall–Kier alpha value is -0.490. The molecule has 0 amide bonds. The van der Waals surface area contributed by atoms with Gasteiger partial charge in [-0.25, -0.2) is 4.98 Å². The number of rotatable bonds is 2. The van der Waals surface area contributed by atoms with Crippen LogP contribution < -0.4 is 10.9 Å². The second-order valence-electron chi connectivity index (χ2n) is 3.62. The standard InChI is InChI=1S/C9H12BrN3OS/c1-5-2-6(3-15-5)13-8-7(10)9(14)12-4-11-8/h4-6H,2-3H2,1H3,(H2,11,12,13,14). The minimum Gasteiger partial charge on any atom is -0.365 e. The van der Waals surface area contributed by atoms with Crippen LogP contribution >= 0.6 is 27.7 Å². The van der Waals surface area contributed by atoms with Crippen LogP contribution in [0.5, 0.6) is 0 Å². The maximum Gasteiger partial charge on any atom is 0.267 e. The summed E-state index contributed by atoms with van der Waals surface area (Å²) in [5.41, 5.74) is -0.147. The number of nitrogens with one attached hydrogen (secondary N) is 2. The summed E-state index contributed by atoms with van der Waals surface area (Å²) in [7, 11) is 0. The fraction of sp³-hybridized carbons (Fsp3) is 0.556. The normalized spacial score (nSPS) is 25.5. The van der Waals surface area contributed by atoms with Crippen molar-refractivity contribution in [3.8, 4) is 0 Å². The first-order chi connectivity index (χ1) is 7.16. The molecule has 4 nitrogen and oxygen atoms in total. The van der Waals surface area contributed by atoms with Crippen molar-refractivity contribution in [2.75, 3.05) is 11.1 Å². The van der Waals surface area contributed by atoms with E-state index in [0.717, 1.165) is 12.2 Å². The molecule has 1 aliphatic heterocycles. The first-order valence-electron chi connectivity index (χ1n) is 4.78. The predicted molar refractivity (Wildman–Crippen MR) is 66.5 cm³/mol. The molecule has 1 aliphatic rings. The highest BCUT2D eigenvalue weighted by Crippen LogP contribution is 2.28. The Bertz CT molecular complexity index is 409. The quantitative estimate of drug-likeness (QED) is 0.872. The first-order valence-corrected chi connectivity index (χ1v) is 6.62. The number of hydrogen-bond acceptors (Lipinski definition) is 4. The molecule has 2 unspecified atom stereocenters. The fourth-order valence-corrected chi connectivity index (χ4v) is 3.07. The zero-order chi connectivity index (χ0) is 10.8. The summed E-state index contributed by atoms with van der Waals surface area (Å²) >= 11 is 5.17. The summed E-state index contributed by atoms with van der Waals surface area (Å²) in [5.74, 6) is 1.71. The number of aromatic nitrogens is 2. The lowest BCUT2D eigenvalue weighted by Crippen LogP contribution is -2.22. The highest BCUT2D eigenvalue weighted by Gasteiger charge is 2.22. The van der Waals surface area contributed by atoms with E-state index in [1.807, 2.05) is 11.8 Å². The first kappa shape index (κ1) is 11.0. The molecule has 0 aliphatic carbocycles. The van der Waals surface area contributed by atoms with Crippen LogP contribution in [0.3, 0.4) is 0 Å². The Balaban J connectivity index is 2.11. The zero-order valence-corrected chi connectivity index (χ0v) is 10.7. The Kier molecular flexibility index (Phi) is 3.35. The SMILES string of the molecule is CC1CC(Nc2nc[nH]c(=O)c2Br)CS1. The molecule has 1 fully saturated rings. The maximum absolute atomic E-state index is 11.3. The maximum atomic E-state index is 11.3. The number of aromatic amines is 1. The molecular weight excluding hydrogens is 278 g/mol. The summed E-state index contributed by atoms with van der Waals surface area (Å²) in [6.45, 7) is 2.21. The predicted octanol–water partition coefficient (Wildman–Crippen LogP) is 1.84. The molecule has 0 spiro atoms. The van der Waals surface area contributed by atoms with Gasteiger partial charge in [0, 0.05) is 17.0 Å². The van der Waals surface area contributed by atoms with Gasteiger partial charge in [0.05, 0.1) is 6.33 Å². The van der Waals surface area contributed by atoms with Crippen LogP contribution in [0, 0.1) is 0 Å². The largest absolute Gasteiger partial charge is 0.365 e. The van der Waals surface area contributed by atoms with E-state index in [0.29, 0.717) is 21.6 Å². The molecule has 15 heavy (non-hydrogen) atoms. The second kappa shape index (κ2) is 4.57. The van der Waals surface area contributed by atoms with Gasteiger partial charge in [-0.2, -0.15) is 11.8 Å². The van der Waals surface area contributed by atoms with Crippen molar-refractivity contribution in [2.45, 2.75) is 24.6 Å². The van der Waals surface area contributed by atoms with E-state index in [-0.39, 0.29) is 5.56 Å². The van der Waals surface area contributed by atoms with Crippen LogP contribution in [0.2, 0.25) is 0 Å². The Morgan fingerprint density at radius 1 is 1.73 bits per heavy atom. The van der Waals surface area contributed by atoms with E-state index in [2.05, 4.69) is 38.1 Å². The molecule has 2 heterocycles. The third-order valence-electron chi connectivity index (χ3n) is 2.34. The summed E-state index contributed by atoms with van der Waals surface area (Å²) < 4.78 is 0.481. The molecule has 1 aromatic rings. The van der Waals surface area contributed by atoms with Crippen molar-refractivity contribution in [1.82, 2.24) is 9.97 Å². The molecule has 0 aromatic carbocycles. The van der Waals surface area contributed by atoms with Gasteiger partial charge in [0.15, 0.2) is 0 Å². The molecule has 1 saturated heterocycles. The van der Waals surface area contributed by atoms with Crippen LogP contribution in [0.4, 0.5) is 5.82 Å². The summed E-state index contributed by atoms with van der Waals surface area (Å²) in [6.07, 6.45) is 2.53. The van der Waals surface area contributed by atoms with Crippen molar-refractivity contribution < 1.29 is 0 Å². The molecule has 0 radical (unpaired) electrons. The smallest absolute Gasteiger partial charge is 0.267 e. The zero-order valence-electron chi connectivity index (χ0n) is 8.29. The monoisotopic (exact) mass is 289 g/mol. The van der Waals surface area contributed by atoms with E-state index >= 15 is 0 Å². The molecule has 2 N–H and O–H groups in total. The van der Waals surface area contributed by atoms with Crippen molar-refractivity contribution in [3.63, 3.8) is 0 Å². The molecular formula is C9H12BrN3OS. The molecule has 2 rings (SSSR count). The van der Waals surface area contributed by atoms with Crippen molar-refractivity contribution in [3.05, 3.63) is 21.2 Å². The van der Waals surface area contributed by atoms with E-state index in [1.54, 1.807) is 0 Å². The van der Waals surface area contributed by atoms with Crippen molar-refractivity contribution >= 4 is 33.5 Å². The van der Waals surface area contributed by atoms with Gasteiger partial charge >= 0.3 is 0 Å². The second-order valence-corrected chi connectivity index (χ2v) is 5.88. The minimum absolute atomic E-state index is 0.147. The highest BCUT2D eigenvalue weighted by atomic mass is 79.9. The Labute approximate surface area is 100 Å². The van der Waals surface area contributed by atoms with E-state index in [4.69, 9.17) is 0 Å².